The number of halogens is 3. The molecule has 1 aliphatic rings. The molecule has 0 bridgehead atoms. The average molecular weight is 386 g/mol. The van der Waals surface area contributed by atoms with Crippen molar-refractivity contribution in [3.8, 4) is 0 Å². The molecule has 9 heteroatoms. The molecule has 1 aromatic carbocycles. The lowest BCUT2D eigenvalue weighted by atomic mass is 10.1. The van der Waals surface area contributed by atoms with Gasteiger partial charge < -0.3 is 14.4 Å². The molecule has 0 amide bonds. The van der Waals surface area contributed by atoms with Crippen molar-refractivity contribution in [1.29, 1.82) is 0 Å². The smallest absolute Gasteiger partial charge is 0.377 e. The normalized spacial score (nSPS) is 20.6. The van der Waals surface area contributed by atoms with E-state index in [4.69, 9.17) is 9.47 Å². The highest BCUT2D eigenvalue weighted by Crippen LogP contribution is 2.32. The number of hydrogen-bond donors (Lipinski definition) is 0. The Morgan fingerprint density at radius 1 is 1.23 bits per heavy atom. The molecule has 1 fully saturated rings. The summed E-state index contributed by atoms with van der Waals surface area (Å²) < 4.78 is 49.2. The second-order valence-electron chi connectivity index (χ2n) is 5.87. The number of anilines is 1. The van der Waals surface area contributed by atoms with E-state index < -0.39 is 17.5 Å². The summed E-state index contributed by atoms with van der Waals surface area (Å²) in [5.74, 6) is -0.481. The van der Waals surface area contributed by atoms with E-state index in [1.807, 2.05) is 4.90 Å². The van der Waals surface area contributed by atoms with E-state index in [1.165, 1.54) is 18.3 Å². The van der Waals surface area contributed by atoms with Gasteiger partial charge in [-0.15, -0.1) is 0 Å². The molecule has 3 rings (SSSR count). The predicted molar refractivity (Wildman–Crippen MR) is 90.8 cm³/mol. The van der Waals surface area contributed by atoms with Crippen molar-refractivity contribution in [3.05, 3.63) is 46.5 Å². The van der Waals surface area contributed by atoms with Crippen molar-refractivity contribution in [3.63, 3.8) is 0 Å². The van der Waals surface area contributed by atoms with Crippen LogP contribution in [-0.2, 0) is 15.7 Å². The van der Waals surface area contributed by atoms with E-state index in [-0.39, 0.29) is 22.6 Å². The first kappa shape index (κ1) is 18.8. The Labute approximate surface area is 152 Å². The minimum atomic E-state index is -4.49. The topological polar surface area (TPSA) is 51.7 Å². The third kappa shape index (κ3) is 3.74. The van der Waals surface area contributed by atoms with E-state index in [2.05, 4.69) is 4.98 Å². The fourth-order valence-corrected chi connectivity index (χ4v) is 3.74. The molecule has 140 valence electrons. The number of nitrogens with zero attached hydrogens (tertiary/aromatic N) is 2. The van der Waals surface area contributed by atoms with Crippen molar-refractivity contribution in [2.75, 3.05) is 32.2 Å². The first-order chi connectivity index (χ1) is 12.3. The monoisotopic (exact) mass is 386 g/mol. The van der Waals surface area contributed by atoms with Crippen LogP contribution in [0.5, 0.6) is 0 Å². The zero-order valence-corrected chi connectivity index (χ0v) is 14.9. The van der Waals surface area contributed by atoms with E-state index in [1.54, 1.807) is 14.2 Å². The Bertz CT molecular complexity index is 782. The van der Waals surface area contributed by atoms with Crippen molar-refractivity contribution in [1.82, 2.24) is 4.98 Å². The Balaban J connectivity index is 1.79. The van der Waals surface area contributed by atoms with E-state index in [9.17, 15) is 18.0 Å². The second kappa shape index (κ2) is 7.34. The highest BCUT2D eigenvalue weighted by molar-refractivity contribution is 7.17. The quantitative estimate of drug-likeness (QED) is 0.739. The molecule has 2 unspecified atom stereocenters. The first-order valence-electron chi connectivity index (χ1n) is 7.81. The molecular formula is C17H17F3N2O3S. The molecule has 0 spiro atoms. The lowest BCUT2D eigenvalue weighted by molar-refractivity contribution is -0.137. The summed E-state index contributed by atoms with van der Waals surface area (Å²) in [5.41, 5.74) is -0.862. The molecule has 0 N–H and O–H groups in total. The van der Waals surface area contributed by atoms with Crippen LogP contribution in [0.4, 0.5) is 18.3 Å². The fourth-order valence-electron chi connectivity index (χ4n) is 2.85. The average Bonchev–Trinajstić information content (AvgIpc) is 3.26. The zero-order chi connectivity index (χ0) is 18.9. The standard InChI is InChI=1S/C17H17F3N2O3S/c1-24-12-8-22(9-13(12)25-2)16-21-7-14(26-16)15(23)10-4-3-5-11(6-10)17(18,19)20/h3-7,12-13H,8-9H2,1-2H3. The number of hydrogen-bond acceptors (Lipinski definition) is 6. The Morgan fingerprint density at radius 2 is 1.88 bits per heavy atom. The van der Waals surface area contributed by atoms with Crippen molar-refractivity contribution in [2.24, 2.45) is 0 Å². The van der Waals surface area contributed by atoms with Crippen molar-refractivity contribution in [2.45, 2.75) is 18.4 Å². The van der Waals surface area contributed by atoms with Crippen LogP contribution in [0.1, 0.15) is 20.8 Å². The summed E-state index contributed by atoms with van der Waals surface area (Å²) in [6.07, 6.45) is -3.31. The number of carbonyl (C=O) groups is 1. The van der Waals surface area contributed by atoms with Gasteiger partial charge in [0.2, 0.25) is 5.78 Å². The van der Waals surface area contributed by atoms with E-state index >= 15 is 0 Å². The van der Waals surface area contributed by atoms with Gasteiger partial charge in [0.1, 0.15) is 12.2 Å². The summed E-state index contributed by atoms with van der Waals surface area (Å²) in [7, 11) is 3.20. The van der Waals surface area contributed by atoms with E-state index in [0.717, 1.165) is 23.5 Å². The van der Waals surface area contributed by atoms with Gasteiger partial charge >= 0.3 is 6.18 Å². The third-order valence-corrected chi connectivity index (χ3v) is 5.32. The molecule has 1 aromatic heterocycles. The number of carbonyl (C=O) groups excluding carboxylic acids is 1. The van der Waals surface area contributed by atoms with Crippen LogP contribution >= 0.6 is 11.3 Å². The fraction of sp³-hybridized carbons (Fsp3) is 0.412. The van der Waals surface area contributed by atoms with Crippen molar-refractivity contribution < 1.29 is 27.4 Å². The number of rotatable bonds is 5. The van der Waals surface area contributed by atoms with Gasteiger partial charge in [-0.25, -0.2) is 4.98 Å². The van der Waals surface area contributed by atoms with Crippen LogP contribution in [0.2, 0.25) is 0 Å². The van der Waals surface area contributed by atoms with Crippen LogP contribution in [-0.4, -0.2) is 50.3 Å². The Hall–Kier alpha value is -1.97. The van der Waals surface area contributed by atoms with Gasteiger partial charge in [0.15, 0.2) is 5.13 Å². The molecule has 2 aromatic rings. The summed E-state index contributed by atoms with van der Waals surface area (Å²) in [6, 6.07) is 4.40. The molecule has 2 heterocycles. The van der Waals surface area contributed by atoms with E-state index in [0.29, 0.717) is 18.2 Å². The molecular weight excluding hydrogens is 369 g/mol. The van der Waals surface area contributed by atoms with Crippen LogP contribution < -0.4 is 4.90 Å². The molecule has 0 saturated carbocycles. The number of alkyl halides is 3. The molecule has 0 aliphatic carbocycles. The third-order valence-electron chi connectivity index (χ3n) is 4.26. The molecule has 2 atom stereocenters. The highest BCUT2D eigenvalue weighted by atomic mass is 32.1. The number of ether oxygens (including phenoxy) is 2. The van der Waals surface area contributed by atoms with Crippen LogP contribution in [0, 0.1) is 0 Å². The maximum Gasteiger partial charge on any atom is 0.416 e. The Morgan fingerprint density at radius 3 is 2.46 bits per heavy atom. The van der Waals surface area contributed by atoms with Crippen LogP contribution in [0.15, 0.2) is 30.5 Å². The number of ketones is 1. The van der Waals surface area contributed by atoms with Gasteiger partial charge in [-0.3, -0.25) is 4.79 Å². The highest BCUT2D eigenvalue weighted by Gasteiger charge is 2.35. The minimum absolute atomic E-state index is 0.0130. The minimum Gasteiger partial charge on any atom is -0.377 e. The first-order valence-corrected chi connectivity index (χ1v) is 8.63. The van der Waals surface area contributed by atoms with Gasteiger partial charge in [0.25, 0.3) is 0 Å². The summed E-state index contributed by atoms with van der Waals surface area (Å²) in [6.45, 7) is 1.14. The van der Waals surface area contributed by atoms with Crippen LogP contribution in [0.3, 0.4) is 0 Å². The molecule has 1 aliphatic heterocycles. The molecule has 26 heavy (non-hydrogen) atoms. The maximum absolute atomic E-state index is 12.8. The second-order valence-corrected chi connectivity index (χ2v) is 6.88. The number of aromatic nitrogens is 1. The number of methoxy groups -OCH3 is 2. The van der Waals surface area contributed by atoms with Gasteiger partial charge in [-0.2, -0.15) is 13.2 Å². The lowest BCUT2D eigenvalue weighted by Crippen LogP contribution is -2.27. The molecule has 0 radical (unpaired) electrons. The van der Waals surface area contributed by atoms with Crippen molar-refractivity contribution >= 4 is 22.3 Å². The van der Waals surface area contributed by atoms with Gasteiger partial charge in [-0.05, 0) is 12.1 Å². The summed E-state index contributed by atoms with van der Waals surface area (Å²) >= 11 is 1.14. The SMILES string of the molecule is COC1CN(c2ncc(C(=O)c3cccc(C(F)(F)F)c3)s2)CC1OC. The van der Waals surface area contributed by atoms with Gasteiger partial charge in [0.05, 0.1) is 16.6 Å². The summed E-state index contributed by atoms with van der Waals surface area (Å²) in [4.78, 5) is 19.0. The number of thiazole rings is 1. The predicted octanol–water partition coefficient (Wildman–Crippen LogP) is 3.24. The number of benzene rings is 1. The zero-order valence-electron chi connectivity index (χ0n) is 14.1. The van der Waals surface area contributed by atoms with Crippen LogP contribution in [0.25, 0.3) is 0 Å². The van der Waals surface area contributed by atoms with Gasteiger partial charge in [0, 0.05) is 32.9 Å². The maximum atomic E-state index is 12.8. The molecule has 5 nitrogen and oxygen atoms in total. The lowest BCUT2D eigenvalue weighted by Gasteiger charge is -2.13. The molecule has 1 saturated heterocycles. The van der Waals surface area contributed by atoms with Gasteiger partial charge in [-0.1, -0.05) is 23.5 Å². The largest absolute Gasteiger partial charge is 0.416 e. The summed E-state index contributed by atoms with van der Waals surface area (Å²) in [5, 5.41) is 0.613. The Kier molecular flexibility index (Phi) is 5.31.